The lowest BCUT2D eigenvalue weighted by Gasteiger charge is -2.28. The Balaban J connectivity index is 2.29. The van der Waals surface area contributed by atoms with Crippen LogP contribution in [0.3, 0.4) is 0 Å². The minimum atomic E-state index is -0.689. The summed E-state index contributed by atoms with van der Waals surface area (Å²) in [6.45, 7) is 4.18. The Morgan fingerprint density at radius 1 is 1.58 bits per heavy atom. The van der Waals surface area contributed by atoms with Gasteiger partial charge in [0.1, 0.15) is 0 Å². The standard InChI is InChI=1S/C16H20BrNO/c1-3-12-6-7-16(9-12,10-18)15(19)13-5-4-11(2)14(17)8-13/h4-5,8,12,15,19H,3,6-7,9H2,1-2H3. The second-order valence-corrected chi connectivity index (χ2v) is 6.55. The van der Waals surface area contributed by atoms with E-state index < -0.39 is 11.5 Å². The molecule has 3 heteroatoms. The maximum Gasteiger partial charge on any atom is 0.0976 e. The predicted molar refractivity (Wildman–Crippen MR) is 79.5 cm³/mol. The largest absolute Gasteiger partial charge is 0.387 e. The number of aliphatic hydroxyl groups is 1. The van der Waals surface area contributed by atoms with Gasteiger partial charge in [0.25, 0.3) is 0 Å². The second-order valence-electron chi connectivity index (χ2n) is 5.70. The first-order valence-corrected chi connectivity index (χ1v) is 7.67. The van der Waals surface area contributed by atoms with Crippen LogP contribution in [0.5, 0.6) is 0 Å². The zero-order chi connectivity index (χ0) is 14.0. The van der Waals surface area contributed by atoms with Crippen molar-refractivity contribution in [3.8, 4) is 6.07 Å². The van der Waals surface area contributed by atoms with E-state index in [4.69, 9.17) is 0 Å². The van der Waals surface area contributed by atoms with Crippen molar-refractivity contribution < 1.29 is 5.11 Å². The maximum absolute atomic E-state index is 10.7. The van der Waals surface area contributed by atoms with Crippen molar-refractivity contribution in [3.63, 3.8) is 0 Å². The molecule has 1 saturated carbocycles. The van der Waals surface area contributed by atoms with Crippen molar-refractivity contribution in [3.05, 3.63) is 33.8 Å². The number of benzene rings is 1. The van der Waals surface area contributed by atoms with E-state index >= 15 is 0 Å². The highest BCUT2D eigenvalue weighted by molar-refractivity contribution is 9.10. The zero-order valence-electron chi connectivity index (χ0n) is 11.5. The van der Waals surface area contributed by atoms with Crippen LogP contribution < -0.4 is 0 Å². The molecule has 1 aliphatic rings. The molecule has 19 heavy (non-hydrogen) atoms. The molecule has 0 radical (unpaired) electrons. The number of nitrogens with zero attached hydrogens (tertiary/aromatic N) is 1. The van der Waals surface area contributed by atoms with Gasteiger partial charge in [0.2, 0.25) is 0 Å². The fraction of sp³-hybridized carbons (Fsp3) is 0.562. The van der Waals surface area contributed by atoms with E-state index in [1.807, 2.05) is 25.1 Å². The summed E-state index contributed by atoms with van der Waals surface area (Å²) in [5, 5.41) is 20.2. The van der Waals surface area contributed by atoms with Gasteiger partial charge in [-0.3, -0.25) is 0 Å². The number of hydrogen-bond donors (Lipinski definition) is 1. The second kappa shape index (κ2) is 5.64. The third-order valence-electron chi connectivity index (χ3n) is 4.49. The van der Waals surface area contributed by atoms with Crippen molar-refractivity contribution in [2.45, 2.75) is 45.6 Å². The van der Waals surface area contributed by atoms with Gasteiger partial charge < -0.3 is 5.11 Å². The molecule has 0 spiro atoms. The van der Waals surface area contributed by atoms with Crippen LogP contribution in [0.4, 0.5) is 0 Å². The predicted octanol–water partition coefficient (Wildman–Crippen LogP) is 4.51. The van der Waals surface area contributed by atoms with Crippen LogP contribution >= 0.6 is 15.9 Å². The number of nitriles is 1. The SMILES string of the molecule is CCC1CCC(C#N)(C(O)c2ccc(C)c(Br)c2)C1. The normalized spacial score (nSPS) is 28.1. The van der Waals surface area contributed by atoms with E-state index in [0.29, 0.717) is 5.92 Å². The summed E-state index contributed by atoms with van der Waals surface area (Å²) in [6, 6.07) is 8.27. The van der Waals surface area contributed by atoms with Crippen molar-refractivity contribution in [2.75, 3.05) is 0 Å². The van der Waals surface area contributed by atoms with Gasteiger partial charge in [-0.2, -0.15) is 5.26 Å². The third-order valence-corrected chi connectivity index (χ3v) is 5.34. The molecule has 1 N–H and O–H groups in total. The fourth-order valence-corrected chi connectivity index (χ4v) is 3.44. The number of aryl methyl sites for hydroxylation is 1. The maximum atomic E-state index is 10.7. The first-order chi connectivity index (χ1) is 9.02. The molecule has 2 rings (SSSR count). The highest BCUT2D eigenvalue weighted by Crippen LogP contribution is 2.50. The Morgan fingerprint density at radius 3 is 2.84 bits per heavy atom. The van der Waals surface area contributed by atoms with Crippen molar-refractivity contribution in [2.24, 2.45) is 11.3 Å². The molecule has 1 aromatic rings. The van der Waals surface area contributed by atoms with Gasteiger partial charge in [0, 0.05) is 4.47 Å². The van der Waals surface area contributed by atoms with Gasteiger partial charge >= 0.3 is 0 Å². The number of aliphatic hydroxyl groups excluding tert-OH is 1. The van der Waals surface area contributed by atoms with Crippen LogP contribution in [0.1, 0.15) is 49.8 Å². The lowest BCUT2D eigenvalue weighted by Crippen LogP contribution is -2.24. The highest BCUT2D eigenvalue weighted by atomic mass is 79.9. The van der Waals surface area contributed by atoms with Crippen LogP contribution in [-0.2, 0) is 0 Å². The van der Waals surface area contributed by atoms with Crippen LogP contribution in [-0.4, -0.2) is 5.11 Å². The molecule has 0 heterocycles. The molecular weight excluding hydrogens is 302 g/mol. The van der Waals surface area contributed by atoms with E-state index in [2.05, 4.69) is 28.9 Å². The van der Waals surface area contributed by atoms with E-state index in [-0.39, 0.29) is 0 Å². The molecule has 0 saturated heterocycles. The topological polar surface area (TPSA) is 44.0 Å². The smallest absolute Gasteiger partial charge is 0.0976 e. The lowest BCUT2D eigenvalue weighted by atomic mass is 9.77. The zero-order valence-corrected chi connectivity index (χ0v) is 13.1. The van der Waals surface area contributed by atoms with Gasteiger partial charge in [0.15, 0.2) is 0 Å². The summed E-state index contributed by atoms with van der Waals surface area (Å²) in [5.74, 6) is 0.572. The molecule has 2 nitrogen and oxygen atoms in total. The molecule has 1 aliphatic carbocycles. The Kier molecular flexibility index (Phi) is 4.32. The molecule has 1 aromatic carbocycles. The van der Waals surface area contributed by atoms with Gasteiger partial charge in [-0.1, -0.05) is 41.4 Å². The minimum Gasteiger partial charge on any atom is -0.387 e. The van der Waals surface area contributed by atoms with E-state index in [0.717, 1.165) is 41.3 Å². The average Bonchev–Trinajstić information content (AvgIpc) is 2.86. The summed E-state index contributed by atoms with van der Waals surface area (Å²) < 4.78 is 0.988. The molecule has 0 aromatic heterocycles. The fourth-order valence-electron chi connectivity index (χ4n) is 3.04. The molecule has 3 unspecified atom stereocenters. The van der Waals surface area contributed by atoms with E-state index in [9.17, 15) is 10.4 Å². The Hall–Kier alpha value is -0.850. The number of halogens is 1. The molecule has 102 valence electrons. The van der Waals surface area contributed by atoms with Gasteiger partial charge in [0.05, 0.1) is 17.6 Å². The van der Waals surface area contributed by atoms with Crippen LogP contribution in [0.2, 0.25) is 0 Å². The van der Waals surface area contributed by atoms with Crippen molar-refractivity contribution >= 4 is 15.9 Å². The molecular formula is C16H20BrNO. The van der Waals surface area contributed by atoms with Crippen molar-refractivity contribution in [1.82, 2.24) is 0 Å². The van der Waals surface area contributed by atoms with E-state index in [1.54, 1.807) is 0 Å². The summed E-state index contributed by atoms with van der Waals surface area (Å²) in [6.07, 6.45) is 3.06. The van der Waals surface area contributed by atoms with Gasteiger partial charge in [-0.05, 0) is 49.3 Å². The number of hydrogen-bond acceptors (Lipinski definition) is 2. The summed E-state index contributed by atoms with van der Waals surface area (Å²) >= 11 is 3.49. The highest BCUT2D eigenvalue weighted by Gasteiger charge is 2.45. The van der Waals surface area contributed by atoms with Crippen LogP contribution in [0, 0.1) is 29.6 Å². The van der Waals surface area contributed by atoms with Gasteiger partial charge in [-0.25, -0.2) is 0 Å². The first-order valence-electron chi connectivity index (χ1n) is 6.88. The van der Waals surface area contributed by atoms with Gasteiger partial charge in [-0.15, -0.1) is 0 Å². The molecule has 1 fully saturated rings. The quantitative estimate of drug-likeness (QED) is 0.890. The molecule has 0 bridgehead atoms. The lowest BCUT2D eigenvalue weighted by molar-refractivity contribution is 0.0640. The minimum absolute atomic E-state index is 0.572. The Morgan fingerprint density at radius 2 is 2.32 bits per heavy atom. The summed E-state index contributed by atoms with van der Waals surface area (Å²) in [5.41, 5.74) is 1.38. The Bertz CT molecular complexity index is 508. The molecule has 3 atom stereocenters. The van der Waals surface area contributed by atoms with Crippen molar-refractivity contribution in [1.29, 1.82) is 5.26 Å². The summed E-state index contributed by atoms with van der Waals surface area (Å²) in [4.78, 5) is 0. The van der Waals surface area contributed by atoms with Crippen LogP contribution in [0.25, 0.3) is 0 Å². The summed E-state index contributed by atoms with van der Waals surface area (Å²) in [7, 11) is 0. The first kappa shape index (κ1) is 14.6. The average molecular weight is 322 g/mol. The third kappa shape index (κ3) is 2.70. The number of rotatable bonds is 3. The molecule has 0 amide bonds. The Labute approximate surface area is 123 Å². The molecule has 0 aliphatic heterocycles. The van der Waals surface area contributed by atoms with Crippen LogP contribution in [0.15, 0.2) is 22.7 Å². The van der Waals surface area contributed by atoms with E-state index in [1.165, 1.54) is 0 Å². The monoisotopic (exact) mass is 321 g/mol.